The van der Waals surface area contributed by atoms with Gasteiger partial charge in [-0.05, 0) is 30.0 Å². The van der Waals surface area contributed by atoms with Gasteiger partial charge in [0.25, 0.3) is 6.47 Å². The third-order valence-corrected chi connectivity index (χ3v) is 5.15. The smallest absolute Gasteiger partial charge is 0.290 e. The van der Waals surface area contributed by atoms with Crippen LogP contribution < -0.4 is 5.32 Å². The molecule has 0 unspecified atom stereocenters. The van der Waals surface area contributed by atoms with Crippen LogP contribution in [0.25, 0.3) is 0 Å². The normalized spacial score (nSPS) is 14.2. The van der Waals surface area contributed by atoms with Crippen molar-refractivity contribution in [3.63, 3.8) is 0 Å². The Bertz CT molecular complexity index is 902. The molecule has 0 spiro atoms. The molecule has 0 saturated carbocycles. The first-order valence-corrected chi connectivity index (χ1v) is 10.7. The summed E-state index contributed by atoms with van der Waals surface area (Å²) >= 11 is 0. The van der Waals surface area contributed by atoms with Crippen molar-refractivity contribution >= 4 is 12.4 Å². The van der Waals surface area contributed by atoms with E-state index in [4.69, 9.17) is 14.6 Å². The van der Waals surface area contributed by atoms with Crippen LogP contribution in [-0.2, 0) is 29.2 Å². The zero-order valence-electron chi connectivity index (χ0n) is 18.0. The molecule has 0 amide bonds. The lowest BCUT2D eigenvalue weighted by Gasteiger charge is -2.31. The highest BCUT2D eigenvalue weighted by Gasteiger charge is 2.20. The average molecular weight is 436 g/mol. The molecule has 4 rings (SSSR count). The molecule has 0 bridgehead atoms. The molecule has 1 aliphatic rings. The van der Waals surface area contributed by atoms with Crippen LogP contribution in [0.5, 0.6) is 0 Å². The summed E-state index contributed by atoms with van der Waals surface area (Å²) in [6.07, 6.45) is 9.93. The standard InChI is InChI=1S/C23H27N5O.CH2O2/c1-2-5-19(6-3-1)14-25-23-26-15-21(16-27-23)17-28-11-8-22(9-12-28)29-18-20-7-4-10-24-13-20;2-1-3/h1-7,10,13,15-16,22H,8-9,11-12,14,17-18H2,(H,25,26,27);1H,(H,2,3). The van der Waals surface area contributed by atoms with Crippen LogP contribution in [0.15, 0.2) is 67.3 Å². The van der Waals surface area contributed by atoms with Crippen molar-refractivity contribution in [2.24, 2.45) is 0 Å². The van der Waals surface area contributed by atoms with Gasteiger partial charge in [0.1, 0.15) is 0 Å². The maximum absolute atomic E-state index is 8.36. The van der Waals surface area contributed by atoms with Gasteiger partial charge >= 0.3 is 0 Å². The molecule has 0 atom stereocenters. The highest BCUT2D eigenvalue weighted by atomic mass is 16.5. The average Bonchev–Trinajstić information content (AvgIpc) is 2.85. The summed E-state index contributed by atoms with van der Waals surface area (Å²) in [5.74, 6) is 0.667. The summed E-state index contributed by atoms with van der Waals surface area (Å²) in [5.41, 5.74) is 3.49. The number of rotatable bonds is 8. The number of hydrogen-bond acceptors (Lipinski definition) is 7. The lowest BCUT2D eigenvalue weighted by molar-refractivity contribution is -0.122. The number of ether oxygens (including phenoxy) is 1. The molecule has 8 heteroatoms. The first-order chi connectivity index (χ1) is 15.8. The first-order valence-electron chi connectivity index (χ1n) is 10.7. The van der Waals surface area contributed by atoms with Gasteiger partial charge in [0.05, 0.1) is 12.7 Å². The van der Waals surface area contributed by atoms with Crippen LogP contribution in [0.1, 0.15) is 29.5 Å². The third kappa shape index (κ3) is 8.05. The van der Waals surface area contributed by atoms with Crippen molar-refractivity contribution in [1.82, 2.24) is 19.9 Å². The van der Waals surface area contributed by atoms with Crippen LogP contribution in [0.4, 0.5) is 5.95 Å². The minimum Gasteiger partial charge on any atom is -0.483 e. The highest BCUT2D eigenvalue weighted by Crippen LogP contribution is 2.17. The number of nitrogens with zero attached hydrogens (tertiary/aromatic N) is 4. The van der Waals surface area contributed by atoms with Crippen LogP contribution in [0.2, 0.25) is 0 Å². The quantitative estimate of drug-likeness (QED) is 0.520. The molecule has 1 saturated heterocycles. The topological polar surface area (TPSA) is 100 Å². The molecule has 2 N–H and O–H groups in total. The molecule has 1 aromatic carbocycles. The summed E-state index contributed by atoms with van der Waals surface area (Å²) in [4.78, 5) is 23.9. The van der Waals surface area contributed by atoms with Crippen molar-refractivity contribution in [3.05, 3.63) is 83.9 Å². The van der Waals surface area contributed by atoms with Gasteiger partial charge < -0.3 is 15.2 Å². The van der Waals surface area contributed by atoms with Crippen molar-refractivity contribution in [2.75, 3.05) is 18.4 Å². The Balaban J connectivity index is 0.000000913. The molecule has 168 valence electrons. The molecule has 2 aromatic heterocycles. The molecule has 1 aliphatic heterocycles. The number of pyridine rings is 1. The molecular formula is C24H29N5O3. The number of anilines is 1. The molecule has 0 aliphatic carbocycles. The van der Waals surface area contributed by atoms with Gasteiger partial charge in [-0.1, -0.05) is 36.4 Å². The van der Waals surface area contributed by atoms with Crippen LogP contribution in [-0.4, -0.2) is 50.6 Å². The summed E-state index contributed by atoms with van der Waals surface area (Å²) in [5, 5.41) is 10.2. The number of carbonyl (C=O) groups is 1. The number of nitrogens with one attached hydrogen (secondary N) is 1. The van der Waals surface area contributed by atoms with Gasteiger partial charge in [-0.15, -0.1) is 0 Å². The van der Waals surface area contributed by atoms with E-state index in [1.807, 2.05) is 42.9 Å². The Hall–Kier alpha value is -3.36. The fourth-order valence-corrected chi connectivity index (χ4v) is 3.49. The lowest BCUT2D eigenvalue weighted by Crippen LogP contribution is -2.36. The Morgan fingerprint density at radius 2 is 1.69 bits per heavy atom. The molecule has 32 heavy (non-hydrogen) atoms. The van der Waals surface area contributed by atoms with Gasteiger partial charge in [0, 0.05) is 56.5 Å². The maximum atomic E-state index is 8.36. The Labute approximate surface area is 188 Å². The molecule has 0 radical (unpaired) electrons. The fraction of sp³-hybridized carbons (Fsp3) is 0.333. The number of piperidine rings is 1. The van der Waals surface area contributed by atoms with Crippen molar-refractivity contribution in [3.8, 4) is 0 Å². The summed E-state index contributed by atoms with van der Waals surface area (Å²) in [6.45, 7) is 4.07. The monoisotopic (exact) mass is 435 g/mol. The van der Waals surface area contributed by atoms with E-state index in [0.29, 0.717) is 18.7 Å². The van der Waals surface area contributed by atoms with Crippen molar-refractivity contribution in [1.29, 1.82) is 0 Å². The first kappa shape index (κ1) is 23.3. The molecule has 8 nitrogen and oxygen atoms in total. The van der Waals surface area contributed by atoms with E-state index in [-0.39, 0.29) is 6.47 Å². The van der Waals surface area contributed by atoms with Crippen molar-refractivity contribution < 1.29 is 14.6 Å². The summed E-state index contributed by atoms with van der Waals surface area (Å²) in [6, 6.07) is 14.3. The predicted octanol–water partition coefficient (Wildman–Crippen LogP) is 3.37. The van der Waals surface area contributed by atoms with E-state index in [9.17, 15) is 0 Å². The Kier molecular flexibility index (Phi) is 9.57. The number of carboxylic acid groups (broad SMARTS) is 1. The molecule has 3 aromatic rings. The van der Waals surface area contributed by atoms with E-state index in [2.05, 4.69) is 43.4 Å². The van der Waals surface area contributed by atoms with E-state index < -0.39 is 0 Å². The van der Waals surface area contributed by atoms with Crippen LogP contribution in [0, 0.1) is 0 Å². The second kappa shape index (κ2) is 13.1. The van der Waals surface area contributed by atoms with E-state index >= 15 is 0 Å². The Morgan fingerprint density at radius 3 is 2.34 bits per heavy atom. The number of hydrogen-bond donors (Lipinski definition) is 2. The minimum atomic E-state index is -0.250. The SMILES string of the molecule is O=CO.c1ccc(CNc2ncc(CN3CCC(OCc4cccnc4)CC3)cn2)cc1. The second-order valence-electron chi connectivity index (χ2n) is 7.51. The van der Waals surface area contributed by atoms with Gasteiger partial charge in [-0.2, -0.15) is 0 Å². The maximum Gasteiger partial charge on any atom is 0.290 e. The van der Waals surface area contributed by atoms with Crippen molar-refractivity contribution in [2.45, 2.75) is 38.6 Å². The highest BCUT2D eigenvalue weighted by molar-refractivity contribution is 5.32. The van der Waals surface area contributed by atoms with E-state index in [1.54, 1.807) is 6.20 Å². The largest absolute Gasteiger partial charge is 0.483 e. The van der Waals surface area contributed by atoms with E-state index in [1.165, 1.54) is 5.56 Å². The van der Waals surface area contributed by atoms with Gasteiger partial charge in [-0.25, -0.2) is 9.97 Å². The van der Waals surface area contributed by atoms with Gasteiger partial charge in [0.2, 0.25) is 5.95 Å². The lowest BCUT2D eigenvalue weighted by atomic mass is 10.1. The Morgan fingerprint density at radius 1 is 1.00 bits per heavy atom. The van der Waals surface area contributed by atoms with Gasteiger partial charge in [0.15, 0.2) is 0 Å². The number of aromatic nitrogens is 3. The van der Waals surface area contributed by atoms with Gasteiger partial charge in [-0.3, -0.25) is 14.7 Å². The number of likely N-dealkylation sites (tertiary alicyclic amines) is 1. The molecular weight excluding hydrogens is 406 g/mol. The third-order valence-electron chi connectivity index (χ3n) is 5.15. The van der Waals surface area contributed by atoms with Crippen LogP contribution >= 0.6 is 0 Å². The fourth-order valence-electron chi connectivity index (χ4n) is 3.49. The summed E-state index contributed by atoms with van der Waals surface area (Å²) < 4.78 is 6.05. The summed E-state index contributed by atoms with van der Waals surface area (Å²) in [7, 11) is 0. The predicted molar refractivity (Wildman–Crippen MR) is 122 cm³/mol. The molecule has 1 fully saturated rings. The second-order valence-corrected chi connectivity index (χ2v) is 7.51. The zero-order valence-corrected chi connectivity index (χ0v) is 18.0. The molecule has 3 heterocycles. The minimum absolute atomic E-state index is 0.250. The zero-order chi connectivity index (χ0) is 22.4. The van der Waals surface area contributed by atoms with Crippen LogP contribution in [0.3, 0.4) is 0 Å². The van der Waals surface area contributed by atoms with E-state index in [0.717, 1.165) is 50.1 Å². The number of benzene rings is 1.